The monoisotopic (exact) mass is 810 g/mol. The number of amides is 3. The van der Waals surface area contributed by atoms with E-state index in [1.807, 2.05) is 60.7 Å². The number of nitrogens with zero attached hydrogens (tertiary/aromatic N) is 3. The molecule has 2 heterocycles. The molecule has 3 fully saturated rings. The lowest BCUT2D eigenvalue weighted by Crippen LogP contribution is -2.59. The SMILES string of the molecule is O=C(CN1CN(c2ccccc2)C2(CCN(C(=O)C(Cc3ccc(Cl)cc3)NS(=O)(=O)c3ccc(CNCc4ccccc4)cc3)CC2)C1=O)NC1CCCCC1. The highest BCUT2D eigenvalue weighted by molar-refractivity contribution is 7.89. The van der Waals surface area contributed by atoms with Crippen molar-refractivity contribution in [1.29, 1.82) is 0 Å². The Labute approximate surface area is 340 Å². The highest BCUT2D eigenvalue weighted by Gasteiger charge is 2.54. The fourth-order valence-corrected chi connectivity index (χ4v) is 9.67. The summed E-state index contributed by atoms with van der Waals surface area (Å²) in [6.07, 6.45) is 6.04. The highest BCUT2D eigenvalue weighted by Crippen LogP contribution is 2.39. The summed E-state index contributed by atoms with van der Waals surface area (Å²) in [6.45, 7) is 1.95. The number of carbonyl (C=O) groups is 3. The van der Waals surface area contributed by atoms with Crippen molar-refractivity contribution < 1.29 is 22.8 Å². The molecule has 0 radical (unpaired) electrons. The maximum atomic E-state index is 14.4. The lowest BCUT2D eigenvalue weighted by Gasteiger charge is -2.44. The van der Waals surface area contributed by atoms with Crippen LogP contribution < -0.4 is 20.3 Å². The Bertz CT molecular complexity index is 2090. The van der Waals surface area contributed by atoms with Gasteiger partial charge in [-0.15, -0.1) is 0 Å². The molecule has 4 aromatic rings. The third kappa shape index (κ3) is 9.87. The van der Waals surface area contributed by atoms with Gasteiger partial charge in [-0.2, -0.15) is 4.72 Å². The molecular formula is C44H51ClN6O5S. The second-order valence-electron chi connectivity index (χ2n) is 15.4. The van der Waals surface area contributed by atoms with Gasteiger partial charge in [0.1, 0.15) is 18.1 Å². The molecule has 1 atom stereocenters. The molecule has 3 aliphatic rings. The van der Waals surface area contributed by atoms with Gasteiger partial charge in [-0.25, -0.2) is 8.42 Å². The van der Waals surface area contributed by atoms with E-state index in [0.717, 1.165) is 48.1 Å². The number of nitrogens with one attached hydrogen (secondary N) is 3. The van der Waals surface area contributed by atoms with Gasteiger partial charge >= 0.3 is 0 Å². The number of hydrogen-bond acceptors (Lipinski definition) is 7. The van der Waals surface area contributed by atoms with Crippen molar-refractivity contribution in [3.63, 3.8) is 0 Å². The molecule has 4 aromatic carbocycles. The fraction of sp³-hybridized carbons (Fsp3) is 0.386. The summed E-state index contributed by atoms with van der Waals surface area (Å²) >= 11 is 6.16. The van der Waals surface area contributed by atoms with Crippen LogP contribution in [0.15, 0.2) is 114 Å². The third-order valence-electron chi connectivity index (χ3n) is 11.5. The van der Waals surface area contributed by atoms with Crippen molar-refractivity contribution in [2.45, 2.75) is 87.0 Å². The standard InChI is InChI=1S/C44H51ClN6O5S/c45-36-20-16-33(17-21-36)28-40(48-57(55,56)39-22-18-35(19-23-39)30-46-29-34-10-4-1-5-11-34)42(53)49-26-24-44(25-27-49)43(54)50(32-51(44)38-14-8-3-9-15-38)31-41(52)47-37-12-6-2-7-13-37/h1,3-5,8-11,14-23,37,40,46,48H,2,6-7,12-13,24-32H2,(H,47,52). The summed E-state index contributed by atoms with van der Waals surface area (Å²) in [6, 6.07) is 32.4. The van der Waals surface area contributed by atoms with E-state index < -0.39 is 21.6 Å². The molecular weight excluding hydrogens is 760 g/mol. The topological polar surface area (TPSA) is 131 Å². The molecule has 0 bridgehead atoms. The predicted octanol–water partition coefficient (Wildman–Crippen LogP) is 5.64. The molecule has 1 aliphatic carbocycles. The number of piperidine rings is 1. The van der Waals surface area contributed by atoms with E-state index in [-0.39, 0.29) is 61.4 Å². The fourth-order valence-electron chi connectivity index (χ4n) is 8.36. The molecule has 13 heteroatoms. The maximum Gasteiger partial charge on any atom is 0.250 e. The van der Waals surface area contributed by atoms with Crippen molar-refractivity contribution in [1.82, 2.24) is 25.2 Å². The predicted molar refractivity (Wildman–Crippen MR) is 222 cm³/mol. The Morgan fingerprint density at radius 3 is 2.02 bits per heavy atom. The van der Waals surface area contributed by atoms with Crippen LogP contribution in [0.5, 0.6) is 0 Å². The van der Waals surface area contributed by atoms with Gasteiger partial charge in [-0.3, -0.25) is 14.4 Å². The highest BCUT2D eigenvalue weighted by atomic mass is 35.5. The summed E-state index contributed by atoms with van der Waals surface area (Å²) < 4.78 is 30.5. The number of rotatable bonds is 14. The van der Waals surface area contributed by atoms with Crippen molar-refractivity contribution >= 4 is 45.0 Å². The minimum atomic E-state index is -4.11. The number of hydrogen-bond donors (Lipinski definition) is 3. The largest absolute Gasteiger partial charge is 0.352 e. The zero-order valence-corrected chi connectivity index (χ0v) is 33.7. The van der Waals surface area contributed by atoms with Crippen LogP contribution in [-0.2, 0) is 43.9 Å². The number of para-hydroxylation sites is 1. The Morgan fingerprint density at radius 2 is 1.37 bits per heavy atom. The molecule has 2 aliphatic heterocycles. The average Bonchev–Trinajstić information content (AvgIpc) is 3.48. The number of likely N-dealkylation sites (tertiary alicyclic amines) is 1. The van der Waals surface area contributed by atoms with Gasteiger partial charge < -0.3 is 25.3 Å². The van der Waals surface area contributed by atoms with E-state index in [2.05, 4.69) is 20.3 Å². The molecule has 7 rings (SSSR count). The first-order chi connectivity index (χ1) is 27.6. The number of sulfonamides is 1. The summed E-state index contributed by atoms with van der Waals surface area (Å²) in [5.74, 6) is -0.653. The van der Waals surface area contributed by atoms with E-state index in [4.69, 9.17) is 11.6 Å². The first kappa shape index (κ1) is 40.4. The zero-order valence-electron chi connectivity index (χ0n) is 32.1. The van der Waals surface area contributed by atoms with Crippen LogP contribution in [0, 0.1) is 0 Å². The Hall–Kier alpha value is -4.75. The van der Waals surface area contributed by atoms with Gasteiger partial charge in [0.2, 0.25) is 21.8 Å². The lowest BCUT2D eigenvalue weighted by atomic mass is 9.85. The van der Waals surface area contributed by atoms with Crippen LogP contribution >= 0.6 is 11.6 Å². The van der Waals surface area contributed by atoms with Gasteiger partial charge in [0.15, 0.2) is 0 Å². The van der Waals surface area contributed by atoms with Crippen LogP contribution in [-0.4, -0.2) is 79.9 Å². The van der Waals surface area contributed by atoms with Crippen molar-refractivity contribution in [3.05, 3.63) is 131 Å². The van der Waals surface area contributed by atoms with Crippen molar-refractivity contribution in [2.75, 3.05) is 31.2 Å². The lowest BCUT2D eigenvalue weighted by molar-refractivity contribution is -0.140. The van der Waals surface area contributed by atoms with Crippen LogP contribution in [0.25, 0.3) is 0 Å². The van der Waals surface area contributed by atoms with E-state index in [9.17, 15) is 22.8 Å². The second-order valence-corrected chi connectivity index (χ2v) is 17.6. The summed E-state index contributed by atoms with van der Waals surface area (Å²) in [5, 5.41) is 7.06. The first-order valence-corrected chi connectivity index (χ1v) is 21.8. The molecule has 11 nitrogen and oxygen atoms in total. The molecule has 0 aromatic heterocycles. The quantitative estimate of drug-likeness (QED) is 0.151. The van der Waals surface area contributed by atoms with E-state index in [0.29, 0.717) is 31.0 Å². The zero-order chi connectivity index (χ0) is 39.8. The number of benzene rings is 4. The average molecular weight is 811 g/mol. The van der Waals surface area contributed by atoms with Gasteiger partial charge in [-0.1, -0.05) is 104 Å². The number of halogens is 1. The molecule has 2 saturated heterocycles. The Balaban J connectivity index is 1.05. The summed E-state index contributed by atoms with van der Waals surface area (Å²) in [5.41, 5.74) is 2.74. The molecule has 300 valence electrons. The van der Waals surface area contributed by atoms with E-state index in [1.54, 1.807) is 58.3 Å². The number of anilines is 1. The summed E-state index contributed by atoms with van der Waals surface area (Å²) in [4.78, 5) is 47.4. The van der Waals surface area contributed by atoms with Crippen LogP contribution in [0.2, 0.25) is 5.02 Å². The van der Waals surface area contributed by atoms with Gasteiger partial charge in [0, 0.05) is 42.9 Å². The summed E-state index contributed by atoms with van der Waals surface area (Å²) in [7, 11) is -4.11. The van der Waals surface area contributed by atoms with Crippen molar-refractivity contribution in [2.24, 2.45) is 0 Å². The van der Waals surface area contributed by atoms with Gasteiger partial charge in [0.25, 0.3) is 5.91 Å². The molecule has 57 heavy (non-hydrogen) atoms. The Morgan fingerprint density at radius 1 is 0.772 bits per heavy atom. The van der Waals surface area contributed by atoms with Crippen LogP contribution in [0.3, 0.4) is 0 Å². The van der Waals surface area contributed by atoms with Crippen LogP contribution in [0.4, 0.5) is 5.69 Å². The van der Waals surface area contributed by atoms with Gasteiger partial charge in [0.05, 0.1) is 11.6 Å². The van der Waals surface area contributed by atoms with E-state index >= 15 is 0 Å². The minimum Gasteiger partial charge on any atom is -0.352 e. The maximum absolute atomic E-state index is 14.4. The molecule has 1 saturated carbocycles. The van der Waals surface area contributed by atoms with E-state index in [1.165, 1.54) is 6.42 Å². The van der Waals surface area contributed by atoms with Crippen LogP contribution in [0.1, 0.15) is 61.6 Å². The van der Waals surface area contributed by atoms with Gasteiger partial charge in [-0.05, 0) is 85.2 Å². The molecule has 1 spiro atoms. The third-order valence-corrected chi connectivity index (χ3v) is 13.2. The first-order valence-electron chi connectivity index (χ1n) is 19.9. The van der Waals surface area contributed by atoms with Crippen molar-refractivity contribution in [3.8, 4) is 0 Å². The molecule has 1 unspecified atom stereocenters. The molecule has 3 amide bonds. The normalized spacial score (nSPS) is 17.8. The smallest absolute Gasteiger partial charge is 0.250 e. The second kappa shape index (κ2) is 18.2. The Kier molecular flexibility index (Phi) is 12.9. The molecule has 3 N–H and O–H groups in total. The minimum absolute atomic E-state index is 0.0286. The number of carbonyl (C=O) groups excluding carboxylic acids is 3.